The van der Waals surface area contributed by atoms with Gasteiger partial charge in [-0.15, -0.1) is 0 Å². The van der Waals surface area contributed by atoms with Crippen LogP contribution in [-0.2, 0) is 65.4 Å². The lowest BCUT2D eigenvalue weighted by molar-refractivity contribution is -0.120. The maximum atomic E-state index is 13.5. The van der Waals surface area contributed by atoms with Crippen LogP contribution in [-0.4, -0.2) is 152 Å². The molecule has 1 N–H and O–H groups in total. The van der Waals surface area contributed by atoms with E-state index in [2.05, 4.69) is 40.1 Å². The van der Waals surface area contributed by atoms with Crippen LogP contribution in [0, 0.1) is 0 Å². The highest BCUT2D eigenvalue weighted by atomic mass is 31.2. The van der Waals surface area contributed by atoms with Gasteiger partial charge < -0.3 is 42.1 Å². The Kier molecular flexibility index (Phi) is 63.8. The summed E-state index contributed by atoms with van der Waals surface area (Å²) in [5, 5.41) is 24.9. The van der Waals surface area contributed by atoms with Gasteiger partial charge in [-0.25, -0.2) is 0 Å². The lowest BCUT2D eigenvalue weighted by atomic mass is 10.0. The minimum Gasteiger partial charge on any atom is -0.388 e. The van der Waals surface area contributed by atoms with Gasteiger partial charge in [0.2, 0.25) is 0 Å². The van der Waals surface area contributed by atoms with Crippen molar-refractivity contribution in [2.24, 2.45) is 20.5 Å². The fourth-order valence-electron chi connectivity index (χ4n) is 9.82. The largest absolute Gasteiger partial charge is 0.388 e. The first-order valence-electron chi connectivity index (χ1n) is 35.1. The SMILES string of the molecule is CP(=O)(OCC(O)COP(C)(=O)OC[C@@H](COCCCCCCCCC(=O)CCCCN=[N+]=[N-])OCCCCCCCCC(=O)CCCCN=[N+]=[N-])OC[C@@H](COCCCCCCCCC(=O)CCCCCN=[N+]=[N-])OCCCCCCCCC(=O)CCCCN=[N+]=[N-]. The molecule has 0 heterocycles. The van der Waals surface area contributed by atoms with Crippen LogP contribution in [0.4, 0.5) is 0 Å². The summed E-state index contributed by atoms with van der Waals surface area (Å²) in [5.74, 6) is 1.02. The van der Waals surface area contributed by atoms with Crippen LogP contribution in [0.1, 0.15) is 263 Å². The molecule has 27 nitrogen and oxygen atoms in total. The lowest BCUT2D eigenvalue weighted by Crippen LogP contribution is -2.27. The maximum absolute atomic E-state index is 13.5. The van der Waals surface area contributed by atoms with E-state index in [0.717, 1.165) is 199 Å². The van der Waals surface area contributed by atoms with Gasteiger partial charge in [0.25, 0.3) is 0 Å². The quantitative estimate of drug-likeness (QED) is 0.0194. The van der Waals surface area contributed by atoms with Crippen molar-refractivity contribution in [2.75, 3.05) is 106 Å². The van der Waals surface area contributed by atoms with Gasteiger partial charge in [-0.3, -0.25) is 28.3 Å². The second kappa shape index (κ2) is 66.6. The van der Waals surface area contributed by atoms with Crippen LogP contribution < -0.4 is 0 Å². The van der Waals surface area contributed by atoms with Crippen molar-refractivity contribution in [2.45, 2.75) is 282 Å². The Hall–Kier alpha value is -3.98. The molecular weight excluding hydrogens is 1240 g/mol. The van der Waals surface area contributed by atoms with E-state index in [1.54, 1.807) is 0 Å². The fraction of sp³-hybridized carbons (Fsp3) is 0.938. The lowest BCUT2D eigenvalue weighted by Gasteiger charge is -2.23. The molecule has 29 heteroatoms. The Morgan fingerprint density at radius 2 is 0.538 bits per heavy atom. The topological polar surface area (TPSA) is 392 Å². The van der Waals surface area contributed by atoms with E-state index in [-0.39, 0.29) is 49.6 Å². The number of Topliss-reactive ketones (excluding diaryl/α,β-unsaturated/α-hetero) is 4. The first-order valence-corrected chi connectivity index (χ1v) is 39.0. The van der Waals surface area contributed by atoms with E-state index in [1.807, 2.05) is 0 Å². The summed E-state index contributed by atoms with van der Waals surface area (Å²) in [6.45, 7) is 5.62. The van der Waals surface area contributed by atoms with E-state index in [9.17, 15) is 33.4 Å². The predicted molar refractivity (Wildman–Crippen MR) is 363 cm³/mol. The molecule has 0 radical (unpaired) electrons. The number of carbonyl (C=O) groups excluding carboxylic acids is 4. The number of hydrogen-bond acceptors (Lipinski definition) is 19. The van der Waals surface area contributed by atoms with Gasteiger partial charge in [-0.05, 0) is 125 Å². The number of azide groups is 4. The van der Waals surface area contributed by atoms with Gasteiger partial charge in [0.1, 0.15) is 41.4 Å². The number of rotatable bonds is 75. The molecule has 0 fully saturated rings. The van der Waals surface area contributed by atoms with Gasteiger partial charge in [0.15, 0.2) is 0 Å². The predicted octanol–water partition coefficient (Wildman–Crippen LogP) is 18.4. The van der Waals surface area contributed by atoms with Gasteiger partial charge in [0, 0.05) is 137 Å². The van der Waals surface area contributed by atoms with Gasteiger partial charge in [0.05, 0.1) is 39.6 Å². The van der Waals surface area contributed by atoms with Crippen molar-refractivity contribution in [3.63, 3.8) is 0 Å². The first-order chi connectivity index (χ1) is 45.2. The van der Waals surface area contributed by atoms with Crippen molar-refractivity contribution in [3.05, 3.63) is 41.8 Å². The average Bonchev–Trinajstić information content (AvgIpc) is 3.38. The Bertz CT molecular complexity index is 2190. The monoisotopic (exact) mass is 1360 g/mol. The standard InChI is InChI=1S/C64H120N12O15P2/c1-92(82,90-56-63(86-50-34-17-9-5-13-22-38-60(79)42-26-30-46-71-75-67)54-84-48-32-15-7-3-11-20-36-58(77)40-24-19-28-44-69-73-65)88-52-62(81)53-89-93(2,83)91-57-64(87-51-35-18-10-6-14-23-39-61(80)43-27-31-47-72-76-68)55-85-49-33-16-8-4-12-21-37-59(78)41-25-29-45-70-74-66/h62-64,81H,3-57H2,1-2H3/t62?,63-,64-,92?,93?/m1/s1. The average molecular weight is 1360 g/mol. The summed E-state index contributed by atoms with van der Waals surface area (Å²) in [4.78, 5) is 59.7. The summed E-state index contributed by atoms with van der Waals surface area (Å²) >= 11 is 0. The number of hydrogen-bond donors (Lipinski definition) is 1. The number of nitrogens with zero attached hydrogens (tertiary/aromatic N) is 12. The van der Waals surface area contributed by atoms with Crippen molar-refractivity contribution in [3.8, 4) is 0 Å². The molecule has 0 rings (SSSR count). The van der Waals surface area contributed by atoms with Crippen molar-refractivity contribution in [1.82, 2.24) is 0 Å². The van der Waals surface area contributed by atoms with Crippen LogP contribution >= 0.6 is 15.2 Å². The van der Waals surface area contributed by atoms with E-state index in [4.69, 9.17) is 59.2 Å². The molecule has 3 unspecified atom stereocenters. The van der Waals surface area contributed by atoms with E-state index < -0.39 is 46.7 Å². The zero-order chi connectivity index (χ0) is 68.2. The van der Waals surface area contributed by atoms with Crippen LogP contribution in [0.25, 0.3) is 41.8 Å². The number of ether oxygens (including phenoxy) is 4. The molecule has 0 aliphatic carbocycles. The number of aliphatic hydroxyl groups excluding tert-OH is 1. The van der Waals surface area contributed by atoms with Crippen LogP contribution in [0.3, 0.4) is 0 Å². The van der Waals surface area contributed by atoms with Crippen molar-refractivity contribution < 1.29 is 70.5 Å². The second-order valence-electron chi connectivity index (χ2n) is 24.2. The smallest absolute Gasteiger partial charge is 0.327 e. The summed E-state index contributed by atoms with van der Waals surface area (Å²) in [5.41, 5.74) is 33.6. The van der Waals surface area contributed by atoms with Gasteiger partial charge in [-0.1, -0.05) is 130 Å². The molecule has 0 aliphatic heterocycles. The summed E-state index contributed by atoms with van der Waals surface area (Å²) in [6.07, 6.45) is 31.5. The summed E-state index contributed by atoms with van der Waals surface area (Å²) in [6, 6.07) is 0. The fourth-order valence-corrected chi connectivity index (χ4v) is 11.7. The summed E-state index contributed by atoms with van der Waals surface area (Å²) < 4.78 is 74.0. The molecule has 0 aliphatic rings. The Morgan fingerprint density at radius 1 is 0.323 bits per heavy atom. The molecule has 5 atom stereocenters. The highest BCUT2D eigenvalue weighted by Gasteiger charge is 2.26. The third-order valence-corrected chi connectivity index (χ3v) is 17.8. The van der Waals surface area contributed by atoms with Gasteiger partial charge >= 0.3 is 15.2 Å². The Morgan fingerprint density at radius 3 is 0.817 bits per heavy atom. The van der Waals surface area contributed by atoms with Crippen molar-refractivity contribution >= 4 is 38.3 Å². The molecule has 0 saturated heterocycles. The minimum atomic E-state index is -3.72. The highest BCUT2D eigenvalue weighted by molar-refractivity contribution is 7.53. The zero-order valence-corrected chi connectivity index (χ0v) is 58.8. The minimum absolute atomic E-state index is 0.0809. The van der Waals surface area contributed by atoms with Crippen molar-refractivity contribution in [1.29, 1.82) is 0 Å². The molecule has 0 saturated carbocycles. The van der Waals surface area contributed by atoms with E-state index in [0.29, 0.717) is 117 Å². The number of ketones is 4. The zero-order valence-electron chi connectivity index (χ0n) is 57.0. The molecule has 0 aromatic heterocycles. The Labute approximate surface area is 556 Å². The molecule has 536 valence electrons. The first kappa shape index (κ1) is 89.0. The third-order valence-electron chi connectivity index (χ3n) is 15.4. The van der Waals surface area contributed by atoms with Crippen LogP contribution in [0.5, 0.6) is 0 Å². The highest BCUT2D eigenvalue weighted by Crippen LogP contribution is 2.46. The molecule has 0 aromatic carbocycles. The maximum Gasteiger partial charge on any atom is 0.327 e. The van der Waals surface area contributed by atoms with E-state index >= 15 is 0 Å². The third kappa shape index (κ3) is 66.4. The molecule has 0 spiro atoms. The molecule has 0 amide bonds. The normalized spacial score (nSPS) is 13.5. The van der Waals surface area contributed by atoms with E-state index in [1.165, 1.54) is 13.3 Å². The second-order valence-corrected chi connectivity index (χ2v) is 28.3. The Balaban J connectivity index is 5.12. The van der Waals surface area contributed by atoms with Gasteiger partial charge in [-0.2, -0.15) is 0 Å². The van der Waals surface area contributed by atoms with Crippen LogP contribution in [0.15, 0.2) is 20.5 Å². The molecular formula is C64H120N12O15P2. The number of aliphatic hydroxyl groups is 1. The molecule has 0 bridgehead atoms. The molecule has 93 heavy (non-hydrogen) atoms. The molecule has 0 aromatic rings. The summed E-state index contributed by atoms with van der Waals surface area (Å²) in [7, 11) is -7.44. The number of unbranched alkanes of at least 4 members (excludes halogenated alkanes) is 25. The number of carbonyl (C=O) groups is 4. The van der Waals surface area contributed by atoms with Crippen LogP contribution in [0.2, 0.25) is 0 Å².